The summed E-state index contributed by atoms with van der Waals surface area (Å²) < 4.78 is 0. The Bertz CT molecular complexity index is 624. The summed E-state index contributed by atoms with van der Waals surface area (Å²) in [7, 11) is 2.08. The first-order valence-corrected chi connectivity index (χ1v) is 6.72. The van der Waals surface area contributed by atoms with Crippen molar-refractivity contribution in [3.63, 3.8) is 0 Å². The third kappa shape index (κ3) is 3.23. The summed E-state index contributed by atoms with van der Waals surface area (Å²) in [6.07, 6.45) is 0. The molecule has 1 fully saturated rings. The van der Waals surface area contributed by atoms with Crippen molar-refractivity contribution >= 4 is 40.7 Å². The zero-order valence-electron chi connectivity index (χ0n) is 11.8. The number of fused-ring (bicyclic) bond motifs is 1. The summed E-state index contributed by atoms with van der Waals surface area (Å²) in [5.74, 6) is 1.00. The fourth-order valence-corrected chi connectivity index (χ4v) is 2.54. The summed E-state index contributed by atoms with van der Waals surface area (Å²) in [5.41, 5.74) is 1.25. The van der Waals surface area contributed by atoms with Gasteiger partial charge in [0.15, 0.2) is 5.96 Å². The van der Waals surface area contributed by atoms with E-state index in [1.165, 1.54) is 16.3 Å². The Hall–Kier alpha value is -1.30. The molecular weight excluding hydrogens is 361 g/mol. The molecule has 1 N–H and O–H groups in total. The second kappa shape index (κ2) is 6.43. The van der Waals surface area contributed by atoms with Crippen molar-refractivity contribution in [2.24, 2.45) is 4.99 Å². The molecule has 0 aliphatic carbocycles. The van der Waals surface area contributed by atoms with Crippen molar-refractivity contribution in [2.45, 2.75) is 19.5 Å². The van der Waals surface area contributed by atoms with E-state index in [1.54, 1.807) is 0 Å². The van der Waals surface area contributed by atoms with Crippen LogP contribution < -0.4 is 5.32 Å². The van der Waals surface area contributed by atoms with Gasteiger partial charge >= 0.3 is 0 Å². The smallest absolute Gasteiger partial charge is 0.194 e. The quantitative estimate of drug-likeness (QED) is 0.809. The van der Waals surface area contributed by atoms with E-state index >= 15 is 0 Å². The third-order valence-corrected chi connectivity index (χ3v) is 3.51. The molecule has 1 heterocycles. The van der Waals surface area contributed by atoms with E-state index in [-0.39, 0.29) is 24.0 Å². The first kappa shape index (κ1) is 15.1. The standard InChI is InChI=1S/C16H19N3.HI/c1-12-11-19(2)16(18-12)17-10-13-7-8-14-5-3-4-6-15(14)9-13;/h3-9,12H,10-11H2,1-2H3,(H,17,18);1H. The molecule has 2 aromatic carbocycles. The number of benzene rings is 2. The van der Waals surface area contributed by atoms with E-state index in [2.05, 4.69) is 71.6 Å². The van der Waals surface area contributed by atoms with Gasteiger partial charge in [0.2, 0.25) is 0 Å². The second-order valence-electron chi connectivity index (χ2n) is 5.25. The molecule has 1 aliphatic heterocycles. The first-order valence-electron chi connectivity index (χ1n) is 6.72. The molecule has 1 unspecified atom stereocenters. The van der Waals surface area contributed by atoms with Gasteiger partial charge in [-0.05, 0) is 29.3 Å². The van der Waals surface area contributed by atoms with Crippen molar-refractivity contribution in [3.05, 3.63) is 48.0 Å². The number of nitrogens with zero attached hydrogens (tertiary/aromatic N) is 2. The lowest BCUT2D eigenvalue weighted by atomic mass is 10.1. The lowest BCUT2D eigenvalue weighted by Gasteiger charge is -2.09. The van der Waals surface area contributed by atoms with Crippen LogP contribution in [0.1, 0.15) is 12.5 Å². The van der Waals surface area contributed by atoms with E-state index in [0.29, 0.717) is 6.04 Å². The van der Waals surface area contributed by atoms with Gasteiger partial charge in [-0.25, -0.2) is 4.99 Å². The van der Waals surface area contributed by atoms with Crippen molar-refractivity contribution in [1.29, 1.82) is 0 Å². The van der Waals surface area contributed by atoms with Gasteiger partial charge in [0, 0.05) is 19.6 Å². The van der Waals surface area contributed by atoms with E-state index in [0.717, 1.165) is 19.0 Å². The fraction of sp³-hybridized carbons (Fsp3) is 0.312. The minimum atomic E-state index is 0. The van der Waals surface area contributed by atoms with Crippen LogP contribution in [-0.2, 0) is 6.54 Å². The van der Waals surface area contributed by atoms with Crippen LogP contribution in [0.4, 0.5) is 0 Å². The van der Waals surface area contributed by atoms with Gasteiger partial charge < -0.3 is 10.2 Å². The monoisotopic (exact) mass is 381 g/mol. The number of likely N-dealkylation sites (N-methyl/N-ethyl adjacent to an activating group) is 1. The second-order valence-corrected chi connectivity index (χ2v) is 5.25. The molecule has 0 radical (unpaired) electrons. The number of hydrogen-bond acceptors (Lipinski definition) is 1. The van der Waals surface area contributed by atoms with Gasteiger partial charge in [-0.2, -0.15) is 0 Å². The third-order valence-electron chi connectivity index (χ3n) is 3.51. The predicted molar refractivity (Wildman–Crippen MR) is 95.7 cm³/mol. The lowest BCUT2D eigenvalue weighted by molar-refractivity contribution is 0.521. The molecule has 0 bridgehead atoms. The Labute approximate surface area is 137 Å². The van der Waals surface area contributed by atoms with Gasteiger partial charge in [-0.15, -0.1) is 24.0 Å². The van der Waals surface area contributed by atoms with E-state index in [9.17, 15) is 0 Å². The maximum absolute atomic E-state index is 4.66. The molecule has 4 heteroatoms. The van der Waals surface area contributed by atoms with Crippen LogP contribution in [-0.4, -0.2) is 30.5 Å². The highest BCUT2D eigenvalue weighted by Gasteiger charge is 2.19. The van der Waals surface area contributed by atoms with E-state index in [4.69, 9.17) is 0 Å². The normalized spacial score (nSPS) is 20.0. The molecule has 0 amide bonds. The molecule has 3 nitrogen and oxygen atoms in total. The highest BCUT2D eigenvalue weighted by atomic mass is 127. The topological polar surface area (TPSA) is 27.6 Å². The summed E-state index contributed by atoms with van der Waals surface area (Å²) in [4.78, 5) is 6.84. The average molecular weight is 381 g/mol. The SMILES string of the molecule is CC1CN(C)C(=NCc2ccc3ccccc3c2)N1.I. The zero-order valence-corrected chi connectivity index (χ0v) is 14.2. The lowest BCUT2D eigenvalue weighted by Crippen LogP contribution is -2.27. The molecular formula is C16H20IN3. The van der Waals surface area contributed by atoms with Crippen molar-refractivity contribution in [1.82, 2.24) is 10.2 Å². The van der Waals surface area contributed by atoms with Gasteiger partial charge in [0.25, 0.3) is 0 Å². The Kier molecular flexibility index (Phi) is 4.86. The number of aliphatic imine (C=N–C) groups is 1. The Morgan fingerprint density at radius 2 is 1.95 bits per heavy atom. The Balaban J connectivity index is 0.00000147. The highest BCUT2D eigenvalue weighted by molar-refractivity contribution is 14.0. The van der Waals surface area contributed by atoms with Crippen LogP contribution in [0.2, 0.25) is 0 Å². The molecule has 106 valence electrons. The molecule has 3 rings (SSSR count). The summed E-state index contributed by atoms with van der Waals surface area (Å²) in [6, 6.07) is 15.5. The minimum absolute atomic E-state index is 0. The highest BCUT2D eigenvalue weighted by Crippen LogP contribution is 2.16. The number of nitrogens with one attached hydrogen (secondary N) is 1. The Morgan fingerprint density at radius 3 is 2.65 bits per heavy atom. The van der Waals surface area contributed by atoms with Crippen molar-refractivity contribution in [3.8, 4) is 0 Å². The van der Waals surface area contributed by atoms with E-state index < -0.39 is 0 Å². The van der Waals surface area contributed by atoms with Crippen LogP contribution in [0.3, 0.4) is 0 Å². The molecule has 20 heavy (non-hydrogen) atoms. The van der Waals surface area contributed by atoms with Crippen LogP contribution in [0, 0.1) is 0 Å². The average Bonchev–Trinajstić information content (AvgIpc) is 2.74. The Morgan fingerprint density at radius 1 is 1.20 bits per heavy atom. The summed E-state index contributed by atoms with van der Waals surface area (Å²) in [5, 5.41) is 5.95. The number of halogens is 1. The van der Waals surface area contributed by atoms with Gasteiger partial charge in [-0.3, -0.25) is 0 Å². The molecule has 2 aromatic rings. The summed E-state index contributed by atoms with van der Waals surface area (Å²) in [6.45, 7) is 3.93. The van der Waals surface area contributed by atoms with Crippen LogP contribution in [0.5, 0.6) is 0 Å². The zero-order chi connectivity index (χ0) is 13.2. The number of hydrogen-bond donors (Lipinski definition) is 1. The first-order chi connectivity index (χ1) is 9.22. The molecule has 1 saturated heterocycles. The molecule has 0 aromatic heterocycles. The fourth-order valence-electron chi connectivity index (χ4n) is 2.54. The van der Waals surface area contributed by atoms with Crippen molar-refractivity contribution < 1.29 is 0 Å². The maximum Gasteiger partial charge on any atom is 0.194 e. The number of guanidine groups is 1. The van der Waals surface area contributed by atoms with Crippen LogP contribution in [0.25, 0.3) is 10.8 Å². The largest absolute Gasteiger partial charge is 0.352 e. The molecule has 1 atom stereocenters. The molecule has 0 saturated carbocycles. The van der Waals surface area contributed by atoms with Gasteiger partial charge in [0.05, 0.1) is 6.54 Å². The van der Waals surface area contributed by atoms with Gasteiger partial charge in [-0.1, -0.05) is 36.4 Å². The number of rotatable bonds is 2. The molecule has 0 spiro atoms. The molecule has 1 aliphatic rings. The van der Waals surface area contributed by atoms with Crippen LogP contribution >= 0.6 is 24.0 Å². The predicted octanol–water partition coefficient (Wildman–Crippen LogP) is 3.24. The maximum atomic E-state index is 4.66. The van der Waals surface area contributed by atoms with E-state index in [1.807, 2.05) is 0 Å². The minimum Gasteiger partial charge on any atom is -0.352 e. The van der Waals surface area contributed by atoms with Crippen LogP contribution in [0.15, 0.2) is 47.5 Å². The van der Waals surface area contributed by atoms with Crippen molar-refractivity contribution in [2.75, 3.05) is 13.6 Å². The van der Waals surface area contributed by atoms with Gasteiger partial charge in [0.1, 0.15) is 0 Å². The summed E-state index contributed by atoms with van der Waals surface area (Å²) >= 11 is 0.